The van der Waals surface area contributed by atoms with Crippen LogP contribution in [0, 0.1) is 0 Å². The van der Waals surface area contributed by atoms with Gasteiger partial charge in [-0.2, -0.15) is 0 Å². The van der Waals surface area contributed by atoms with Gasteiger partial charge in [0.25, 0.3) is 0 Å². The number of carbonyl (C=O) groups excluding carboxylic acids is 3. The Labute approximate surface area is 409 Å². The first-order chi connectivity index (χ1) is 32.5. The molecule has 0 saturated carbocycles. The van der Waals surface area contributed by atoms with Gasteiger partial charge in [0.15, 0.2) is 6.10 Å². The largest absolute Gasteiger partial charge is 0.462 e. The van der Waals surface area contributed by atoms with Gasteiger partial charge in [0, 0.05) is 19.3 Å². The molecule has 6 heteroatoms. The number of hydrogen-bond acceptors (Lipinski definition) is 6. The highest BCUT2D eigenvalue weighted by Crippen LogP contribution is 2.15. The van der Waals surface area contributed by atoms with Gasteiger partial charge in [-0.25, -0.2) is 0 Å². The highest BCUT2D eigenvalue weighted by Gasteiger charge is 2.19. The Morgan fingerprint density at radius 2 is 0.561 bits per heavy atom. The summed E-state index contributed by atoms with van der Waals surface area (Å²) in [6.45, 7) is 6.58. The second-order valence-corrected chi connectivity index (χ2v) is 18.8. The van der Waals surface area contributed by atoms with Gasteiger partial charge in [0.1, 0.15) is 13.2 Å². The third-order valence-corrected chi connectivity index (χ3v) is 12.2. The van der Waals surface area contributed by atoms with E-state index in [1.807, 2.05) is 0 Å². The lowest BCUT2D eigenvalue weighted by Gasteiger charge is -2.18. The number of ether oxygens (including phenoxy) is 3. The predicted molar refractivity (Wildman–Crippen MR) is 284 cm³/mol. The quantitative estimate of drug-likeness (QED) is 0.0262. The minimum Gasteiger partial charge on any atom is -0.462 e. The lowest BCUT2D eigenvalue weighted by Crippen LogP contribution is -2.30. The van der Waals surface area contributed by atoms with E-state index in [1.54, 1.807) is 0 Å². The average Bonchev–Trinajstić information content (AvgIpc) is 3.31. The summed E-state index contributed by atoms with van der Waals surface area (Å²) in [4.78, 5) is 38.1. The summed E-state index contributed by atoms with van der Waals surface area (Å²) in [5.74, 6) is -0.951. The van der Waals surface area contributed by atoms with Crippen molar-refractivity contribution >= 4 is 17.9 Å². The second-order valence-electron chi connectivity index (χ2n) is 18.8. The van der Waals surface area contributed by atoms with Gasteiger partial charge >= 0.3 is 17.9 Å². The molecule has 0 aromatic carbocycles. The van der Waals surface area contributed by atoms with E-state index in [-0.39, 0.29) is 37.5 Å². The molecule has 0 saturated heterocycles. The predicted octanol–water partition coefficient (Wildman–Crippen LogP) is 18.8. The zero-order chi connectivity index (χ0) is 47.9. The summed E-state index contributed by atoms with van der Waals surface area (Å²) in [5, 5.41) is 0. The van der Waals surface area contributed by atoms with Crippen molar-refractivity contribution in [1.29, 1.82) is 0 Å². The Balaban J connectivity index is 4.45. The van der Waals surface area contributed by atoms with Crippen molar-refractivity contribution in [2.24, 2.45) is 0 Å². The van der Waals surface area contributed by atoms with Crippen LogP contribution in [-0.4, -0.2) is 37.2 Å². The fraction of sp³-hybridized carbons (Fsp3) is 0.783. The van der Waals surface area contributed by atoms with Crippen molar-refractivity contribution in [1.82, 2.24) is 0 Å². The molecule has 0 fully saturated rings. The Morgan fingerprint density at radius 3 is 0.939 bits per heavy atom. The summed E-state index contributed by atoms with van der Waals surface area (Å²) in [6, 6.07) is 0. The highest BCUT2D eigenvalue weighted by atomic mass is 16.6. The maximum atomic E-state index is 12.8. The van der Waals surface area contributed by atoms with Crippen LogP contribution in [0.5, 0.6) is 0 Å². The summed E-state index contributed by atoms with van der Waals surface area (Å²) in [5.41, 5.74) is 0. The van der Waals surface area contributed by atoms with Gasteiger partial charge in [-0.3, -0.25) is 14.4 Å². The van der Waals surface area contributed by atoms with Crippen molar-refractivity contribution < 1.29 is 28.6 Å². The summed E-state index contributed by atoms with van der Waals surface area (Å²) >= 11 is 0. The molecule has 0 N–H and O–H groups in total. The zero-order valence-corrected chi connectivity index (χ0v) is 43.7. The van der Waals surface area contributed by atoms with E-state index in [9.17, 15) is 14.4 Å². The molecular formula is C60H106O6. The van der Waals surface area contributed by atoms with Crippen molar-refractivity contribution in [2.75, 3.05) is 13.2 Å². The van der Waals surface area contributed by atoms with Crippen LogP contribution in [0.2, 0.25) is 0 Å². The standard InChI is InChI=1S/C60H106O6/c1-4-7-10-13-16-19-22-25-27-29-31-32-35-38-41-44-47-50-53-59(62)65-56-57(55-64-58(61)52-49-46-43-40-37-34-24-21-18-15-12-9-6-3)66-60(63)54-51-48-45-42-39-36-33-30-28-26-23-20-17-14-11-8-5-2/h17,20,26,28,31-33,36,42,45,57H,4-16,18-19,21-25,27,29-30,34-35,37-41,43-44,46-56H2,1-3H3/b20-17-,28-26-,32-31-,36-33-,45-42-. The van der Waals surface area contributed by atoms with Crippen LogP contribution in [0.4, 0.5) is 0 Å². The molecule has 0 bridgehead atoms. The average molecular weight is 924 g/mol. The Morgan fingerprint density at radius 1 is 0.303 bits per heavy atom. The van der Waals surface area contributed by atoms with Crippen molar-refractivity contribution in [3.8, 4) is 0 Å². The molecule has 0 amide bonds. The minimum absolute atomic E-state index is 0.0961. The Bertz CT molecular complexity index is 1200. The molecular weight excluding hydrogens is 817 g/mol. The lowest BCUT2D eigenvalue weighted by molar-refractivity contribution is -0.167. The smallest absolute Gasteiger partial charge is 0.306 e. The third kappa shape index (κ3) is 52.1. The molecule has 0 rings (SSSR count). The van der Waals surface area contributed by atoms with E-state index in [2.05, 4.69) is 81.5 Å². The first kappa shape index (κ1) is 63.1. The Hall–Kier alpha value is -2.89. The summed E-state index contributed by atoms with van der Waals surface area (Å²) in [7, 11) is 0. The van der Waals surface area contributed by atoms with Gasteiger partial charge in [-0.1, -0.05) is 242 Å². The molecule has 6 nitrogen and oxygen atoms in total. The summed E-state index contributed by atoms with van der Waals surface area (Å²) in [6.07, 6.45) is 67.8. The number of carbonyl (C=O) groups is 3. The van der Waals surface area contributed by atoms with Crippen LogP contribution >= 0.6 is 0 Å². The molecule has 0 heterocycles. The molecule has 0 aliphatic heterocycles. The maximum absolute atomic E-state index is 12.8. The SMILES string of the molecule is CCCCC/C=C\C/C=C\C/C=C\C/C=C\CCCC(=O)OC(COC(=O)CCCCCCC/C=C\CCCCCCCCCCC)COC(=O)CCCCCCCCCCCCCCC. The molecule has 0 aromatic rings. The van der Waals surface area contributed by atoms with Crippen LogP contribution in [0.15, 0.2) is 60.8 Å². The van der Waals surface area contributed by atoms with Crippen LogP contribution in [-0.2, 0) is 28.6 Å². The van der Waals surface area contributed by atoms with E-state index in [0.29, 0.717) is 19.3 Å². The van der Waals surface area contributed by atoms with Gasteiger partial charge in [0.2, 0.25) is 0 Å². The van der Waals surface area contributed by atoms with Crippen molar-refractivity contribution in [3.63, 3.8) is 0 Å². The number of unbranched alkanes of at least 4 members (excludes halogenated alkanes) is 30. The Kier molecular flexibility index (Phi) is 52.3. The van der Waals surface area contributed by atoms with Gasteiger partial charge < -0.3 is 14.2 Å². The molecule has 0 spiro atoms. The summed E-state index contributed by atoms with van der Waals surface area (Å²) < 4.78 is 16.8. The van der Waals surface area contributed by atoms with E-state index in [4.69, 9.17) is 14.2 Å². The van der Waals surface area contributed by atoms with Gasteiger partial charge in [0.05, 0.1) is 0 Å². The van der Waals surface area contributed by atoms with Crippen LogP contribution in [0.3, 0.4) is 0 Å². The monoisotopic (exact) mass is 923 g/mol. The first-order valence-electron chi connectivity index (χ1n) is 28.3. The maximum Gasteiger partial charge on any atom is 0.306 e. The molecule has 0 radical (unpaired) electrons. The molecule has 1 atom stereocenters. The van der Waals surface area contributed by atoms with Crippen molar-refractivity contribution in [2.45, 2.75) is 290 Å². The minimum atomic E-state index is -0.804. The van der Waals surface area contributed by atoms with Crippen LogP contribution in [0.1, 0.15) is 284 Å². The molecule has 66 heavy (non-hydrogen) atoms. The van der Waals surface area contributed by atoms with Crippen LogP contribution < -0.4 is 0 Å². The molecule has 0 aliphatic carbocycles. The van der Waals surface area contributed by atoms with E-state index in [1.165, 1.54) is 167 Å². The van der Waals surface area contributed by atoms with Crippen molar-refractivity contribution in [3.05, 3.63) is 60.8 Å². The van der Waals surface area contributed by atoms with Crippen LogP contribution in [0.25, 0.3) is 0 Å². The number of esters is 3. The number of rotatable bonds is 51. The fourth-order valence-electron chi connectivity index (χ4n) is 7.96. The molecule has 382 valence electrons. The van der Waals surface area contributed by atoms with Gasteiger partial charge in [-0.15, -0.1) is 0 Å². The normalized spacial score (nSPS) is 12.5. The van der Waals surface area contributed by atoms with Gasteiger partial charge in [-0.05, 0) is 83.5 Å². The topological polar surface area (TPSA) is 78.9 Å². The third-order valence-electron chi connectivity index (χ3n) is 12.2. The first-order valence-corrected chi connectivity index (χ1v) is 28.3. The van der Waals surface area contributed by atoms with E-state index < -0.39 is 6.10 Å². The molecule has 0 aromatic heterocycles. The van der Waals surface area contributed by atoms with E-state index >= 15 is 0 Å². The van der Waals surface area contributed by atoms with E-state index in [0.717, 1.165) is 70.6 Å². The lowest BCUT2D eigenvalue weighted by atomic mass is 10.0. The number of hydrogen-bond donors (Lipinski definition) is 0. The zero-order valence-electron chi connectivity index (χ0n) is 43.7. The fourth-order valence-corrected chi connectivity index (χ4v) is 7.96. The molecule has 0 aliphatic rings. The molecule has 1 unspecified atom stereocenters. The second kappa shape index (κ2) is 54.7. The number of allylic oxidation sites excluding steroid dienone is 10. The highest BCUT2D eigenvalue weighted by molar-refractivity contribution is 5.71.